The Morgan fingerprint density at radius 1 is 1.26 bits per heavy atom. The van der Waals surface area contributed by atoms with E-state index in [2.05, 4.69) is 10.0 Å². The van der Waals surface area contributed by atoms with Gasteiger partial charge in [-0.15, -0.1) is 0 Å². The highest BCUT2D eigenvalue weighted by atomic mass is 32.2. The van der Waals surface area contributed by atoms with Crippen LogP contribution < -0.4 is 14.8 Å². The van der Waals surface area contributed by atoms with E-state index < -0.39 is 10.0 Å². The van der Waals surface area contributed by atoms with Gasteiger partial charge in [-0.2, -0.15) is 0 Å². The summed E-state index contributed by atoms with van der Waals surface area (Å²) in [6.07, 6.45) is 4.94. The SMILES string of the molecule is O=C1COc2ccc(S(=O)(=O)NC[C@H]3C[C@H]4CC[C@H]3C4)cc2N1. The quantitative estimate of drug-likeness (QED) is 0.877. The van der Waals surface area contributed by atoms with Gasteiger partial charge < -0.3 is 10.1 Å². The Labute approximate surface area is 135 Å². The molecule has 3 aliphatic rings. The standard InChI is InChI=1S/C16H20N2O4S/c19-16-9-22-15-4-3-13(7-14(15)18-16)23(20,21)17-8-12-6-10-1-2-11(12)5-10/h3-4,7,10-12,17H,1-2,5-6,8-9H2,(H,18,19)/t10-,11-,12+/m0/s1. The average molecular weight is 336 g/mol. The smallest absolute Gasteiger partial charge is 0.262 e. The van der Waals surface area contributed by atoms with E-state index in [9.17, 15) is 13.2 Å². The molecule has 2 N–H and O–H groups in total. The number of hydrogen-bond donors (Lipinski definition) is 2. The summed E-state index contributed by atoms with van der Waals surface area (Å²) in [6, 6.07) is 4.55. The molecule has 2 saturated carbocycles. The minimum atomic E-state index is -3.57. The number of hydrogen-bond acceptors (Lipinski definition) is 4. The lowest BCUT2D eigenvalue weighted by molar-refractivity contribution is -0.118. The molecule has 6 nitrogen and oxygen atoms in total. The average Bonchev–Trinajstić information content (AvgIpc) is 3.15. The van der Waals surface area contributed by atoms with Crippen LogP contribution >= 0.6 is 0 Å². The van der Waals surface area contributed by atoms with Crippen LogP contribution in [0.1, 0.15) is 25.7 Å². The fourth-order valence-electron chi connectivity index (χ4n) is 4.16. The summed E-state index contributed by atoms with van der Waals surface area (Å²) in [5, 5.41) is 2.64. The van der Waals surface area contributed by atoms with Gasteiger partial charge in [0.15, 0.2) is 6.61 Å². The van der Waals surface area contributed by atoms with E-state index in [-0.39, 0.29) is 17.4 Å². The summed E-state index contributed by atoms with van der Waals surface area (Å²) < 4.78 is 33.0. The second-order valence-electron chi connectivity index (χ2n) is 6.78. The van der Waals surface area contributed by atoms with Crippen LogP contribution in [0.15, 0.2) is 23.1 Å². The van der Waals surface area contributed by atoms with Gasteiger partial charge in [0.05, 0.1) is 10.6 Å². The molecule has 2 bridgehead atoms. The lowest BCUT2D eigenvalue weighted by Crippen LogP contribution is -2.32. The highest BCUT2D eigenvalue weighted by molar-refractivity contribution is 7.89. The molecule has 1 heterocycles. The summed E-state index contributed by atoms with van der Waals surface area (Å²) in [5.74, 6) is 2.16. The van der Waals surface area contributed by atoms with Crippen LogP contribution in [-0.4, -0.2) is 27.5 Å². The van der Waals surface area contributed by atoms with Crippen molar-refractivity contribution < 1.29 is 17.9 Å². The van der Waals surface area contributed by atoms with E-state index in [0.717, 1.165) is 12.3 Å². The minimum Gasteiger partial charge on any atom is -0.482 e. The van der Waals surface area contributed by atoms with E-state index in [1.54, 1.807) is 6.07 Å². The number of anilines is 1. The van der Waals surface area contributed by atoms with Crippen molar-refractivity contribution in [3.05, 3.63) is 18.2 Å². The number of nitrogens with one attached hydrogen (secondary N) is 2. The van der Waals surface area contributed by atoms with E-state index >= 15 is 0 Å². The molecule has 1 aromatic carbocycles. The monoisotopic (exact) mass is 336 g/mol. The molecule has 2 fully saturated rings. The maximum atomic E-state index is 12.5. The van der Waals surface area contributed by atoms with Crippen LogP contribution in [0.3, 0.4) is 0 Å². The summed E-state index contributed by atoms with van der Waals surface area (Å²) >= 11 is 0. The molecule has 124 valence electrons. The second kappa shape index (κ2) is 5.49. The molecule has 0 spiro atoms. The van der Waals surface area contributed by atoms with Gasteiger partial charge in [-0.25, -0.2) is 13.1 Å². The Hall–Kier alpha value is -1.60. The molecule has 0 radical (unpaired) electrons. The van der Waals surface area contributed by atoms with Crippen molar-refractivity contribution in [1.29, 1.82) is 0 Å². The van der Waals surface area contributed by atoms with Crippen LogP contribution in [0.25, 0.3) is 0 Å². The lowest BCUT2D eigenvalue weighted by atomic mass is 9.89. The number of amides is 1. The molecule has 1 aliphatic heterocycles. The number of fused-ring (bicyclic) bond motifs is 3. The molecule has 0 unspecified atom stereocenters. The van der Waals surface area contributed by atoms with Gasteiger partial charge in [0.1, 0.15) is 5.75 Å². The fraction of sp³-hybridized carbons (Fsp3) is 0.562. The van der Waals surface area contributed by atoms with Gasteiger partial charge in [-0.3, -0.25) is 4.79 Å². The van der Waals surface area contributed by atoms with Crippen LogP contribution in [0.5, 0.6) is 5.75 Å². The highest BCUT2D eigenvalue weighted by Crippen LogP contribution is 2.48. The van der Waals surface area contributed by atoms with Gasteiger partial charge in [0.25, 0.3) is 5.91 Å². The predicted octanol–water partition coefficient (Wildman–Crippen LogP) is 1.73. The van der Waals surface area contributed by atoms with Crippen molar-refractivity contribution in [2.45, 2.75) is 30.6 Å². The Balaban J connectivity index is 1.48. The first-order chi connectivity index (χ1) is 11.0. The van der Waals surface area contributed by atoms with Gasteiger partial charge in [0, 0.05) is 6.54 Å². The van der Waals surface area contributed by atoms with Gasteiger partial charge >= 0.3 is 0 Å². The molecule has 3 atom stereocenters. The van der Waals surface area contributed by atoms with E-state index in [1.807, 2.05) is 0 Å². The molecule has 1 aromatic rings. The Kier molecular flexibility index (Phi) is 3.57. The predicted molar refractivity (Wildman–Crippen MR) is 84.7 cm³/mol. The largest absolute Gasteiger partial charge is 0.482 e. The zero-order chi connectivity index (χ0) is 16.0. The van der Waals surface area contributed by atoms with Gasteiger partial charge in [-0.05, 0) is 55.2 Å². The molecule has 1 amide bonds. The topological polar surface area (TPSA) is 84.5 Å². The first kappa shape index (κ1) is 15.0. The molecule has 0 saturated heterocycles. The Bertz CT molecular complexity index is 746. The highest BCUT2D eigenvalue weighted by Gasteiger charge is 2.39. The third kappa shape index (κ3) is 2.83. The Morgan fingerprint density at radius 2 is 2.13 bits per heavy atom. The number of carbonyl (C=O) groups is 1. The van der Waals surface area contributed by atoms with Gasteiger partial charge in [0.2, 0.25) is 10.0 Å². The zero-order valence-corrected chi connectivity index (χ0v) is 13.6. The number of ether oxygens (including phenoxy) is 1. The molecule has 4 rings (SSSR count). The summed E-state index contributed by atoms with van der Waals surface area (Å²) in [7, 11) is -3.57. The lowest BCUT2D eigenvalue weighted by Gasteiger charge is -2.22. The zero-order valence-electron chi connectivity index (χ0n) is 12.7. The van der Waals surface area contributed by atoms with Crippen molar-refractivity contribution in [2.24, 2.45) is 17.8 Å². The normalized spacial score (nSPS) is 29.0. The van der Waals surface area contributed by atoms with Crippen molar-refractivity contribution in [1.82, 2.24) is 4.72 Å². The number of benzene rings is 1. The summed E-state index contributed by atoms with van der Waals surface area (Å²) in [6.45, 7) is 0.463. The third-order valence-electron chi connectivity index (χ3n) is 5.31. The third-order valence-corrected chi connectivity index (χ3v) is 6.74. The van der Waals surface area contributed by atoms with Crippen molar-refractivity contribution in [3.8, 4) is 5.75 Å². The first-order valence-corrected chi connectivity index (χ1v) is 9.56. The Morgan fingerprint density at radius 3 is 2.87 bits per heavy atom. The van der Waals surface area contributed by atoms with E-state index in [4.69, 9.17) is 4.74 Å². The van der Waals surface area contributed by atoms with Crippen LogP contribution in [0.4, 0.5) is 5.69 Å². The van der Waals surface area contributed by atoms with Crippen molar-refractivity contribution >= 4 is 21.6 Å². The van der Waals surface area contributed by atoms with Crippen LogP contribution in [-0.2, 0) is 14.8 Å². The van der Waals surface area contributed by atoms with Gasteiger partial charge in [-0.1, -0.05) is 6.42 Å². The number of rotatable bonds is 4. The number of carbonyl (C=O) groups excluding carboxylic acids is 1. The molecular formula is C16H20N2O4S. The molecule has 2 aliphatic carbocycles. The van der Waals surface area contributed by atoms with Crippen molar-refractivity contribution in [2.75, 3.05) is 18.5 Å². The molecule has 23 heavy (non-hydrogen) atoms. The number of sulfonamides is 1. The van der Waals surface area contributed by atoms with Crippen LogP contribution in [0.2, 0.25) is 0 Å². The second-order valence-corrected chi connectivity index (χ2v) is 8.55. The van der Waals surface area contributed by atoms with Crippen molar-refractivity contribution in [3.63, 3.8) is 0 Å². The maximum absolute atomic E-state index is 12.5. The fourth-order valence-corrected chi connectivity index (χ4v) is 5.28. The minimum absolute atomic E-state index is 0.0401. The summed E-state index contributed by atoms with van der Waals surface area (Å²) in [4.78, 5) is 11.5. The summed E-state index contributed by atoms with van der Waals surface area (Å²) in [5.41, 5.74) is 0.407. The van der Waals surface area contributed by atoms with E-state index in [0.29, 0.717) is 29.8 Å². The molecular weight excluding hydrogens is 316 g/mol. The van der Waals surface area contributed by atoms with Crippen LogP contribution in [0, 0.1) is 17.8 Å². The van der Waals surface area contributed by atoms with E-state index in [1.165, 1.54) is 31.4 Å². The maximum Gasteiger partial charge on any atom is 0.262 e. The molecule has 7 heteroatoms. The molecule has 0 aromatic heterocycles. The first-order valence-electron chi connectivity index (χ1n) is 8.07.